The lowest BCUT2D eigenvalue weighted by atomic mass is 10.0. The molecule has 2 fully saturated rings. The van der Waals surface area contributed by atoms with Crippen LogP contribution in [0.15, 0.2) is 30.7 Å². The number of nitriles is 1. The third-order valence-electron chi connectivity index (χ3n) is 4.93. The Balaban J connectivity index is 1.41. The molecule has 0 radical (unpaired) electrons. The van der Waals surface area contributed by atoms with Gasteiger partial charge in [0, 0.05) is 57.5 Å². The van der Waals surface area contributed by atoms with Gasteiger partial charge in [0.05, 0.1) is 17.3 Å². The zero-order chi connectivity index (χ0) is 16.7. The number of hydrogen-bond donors (Lipinski definition) is 0. The Hall–Kier alpha value is -2.88. The van der Waals surface area contributed by atoms with Gasteiger partial charge in [-0.1, -0.05) is 0 Å². The molecule has 2 unspecified atom stereocenters. The number of aryl methyl sites for hydroxylation is 1. The molecule has 0 aliphatic carbocycles. The summed E-state index contributed by atoms with van der Waals surface area (Å²) in [4.78, 5) is 21.1. The molecule has 2 aliphatic heterocycles. The average Bonchev–Trinajstić information content (AvgIpc) is 3.28. The highest BCUT2D eigenvalue weighted by molar-refractivity contribution is 5.94. The summed E-state index contributed by atoms with van der Waals surface area (Å²) in [6.45, 7) is 3.37. The van der Waals surface area contributed by atoms with Crippen molar-refractivity contribution in [1.29, 1.82) is 5.26 Å². The van der Waals surface area contributed by atoms with E-state index in [0.29, 0.717) is 23.0 Å². The Labute approximate surface area is 140 Å². The first-order chi connectivity index (χ1) is 11.6. The van der Waals surface area contributed by atoms with Crippen LogP contribution in [0.1, 0.15) is 15.9 Å². The van der Waals surface area contributed by atoms with Crippen molar-refractivity contribution >= 4 is 11.7 Å². The summed E-state index contributed by atoms with van der Waals surface area (Å²) >= 11 is 0. The topological polar surface area (TPSA) is 78.0 Å². The van der Waals surface area contributed by atoms with Gasteiger partial charge >= 0.3 is 0 Å². The summed E-state index contributed by atoms with van der Waals surface area (Å²) in [6, 6.07) is 5.79. The van der Waals surface area contributed by atoms with Crippen molar-refractivity contribution in [3.8, 4) is 6.07 Å². The van der Waals surface area contributed by atoms with E-state index in [-0.39, 0.29) is 5.91 Å². The van der Waals surface area contributed by atoms with Crippen molar-refractivity contribution in [2.75, 3.05) is 31.1 Å². The molecule has 0 N–H and O–H groups in total. The summed E-state index contributed by atoms with van der Waals surface area (Å²) in [6.07, 6.45) is 5.01. The summed E-state index contributed by atoms with van der Waals surface area (Å²) < 4.78 is 1.66. The summed E-state index contributed by atoms with van der Waals surface area (Å²) in [5, 5.41) is 12.9. The second-order valence-electron chi connectivity index (χ2n) is 6.55. The SMILES string of the molecule is Cn1cc(C(=O)N2CC3CN(c4ccc(C#N)cn4)CC3C2)cn1. The molecule has 4 heterocycles. The molecule has 0 spiro atoms. The molecule has 0 bridgehead atoms. The number of likely N-dealkylation sites (tertiary alicyclic amines) is 1. The van der Waals surface area contributed by atoms with E-state index in [4.69, 9.17) is 5.26 Å². The summed E-state index contributed by atoms with van der Waals surface area (Å²) in [7, 11) is 1.82. The highest BCUT2D eigenvalue weighted by Crippen LogP contribution is 2.33. The Bertz CT molecular complexity index is 791. The fraction of sp³-hybridized carbons (Fsp3) is 0.412. The van der Waals surface area contributed by atoms with Crippen LogP contribution in [0.4, 0.5) is 5.82 Å². The van der Waals surface area contributed by atoms with Crippen molar-refractivity contribution in [1.82, 2.24) is 19.7 Å². The molecule has 2 aromatic rings. The predicted molar refractivity (Wildman–Crippen MR) is 87.3 cm³/mol. The molecule has 7 nitrogen and oxygen atoms in total. The van der Waals surface area contributed by atoms with Gasteiger partial charge < -0.3 is 9.80 Å². The van der Waals surface area contributed by atoms with Gasteiger partial charge in [-0.3, -0.25) is 9.48 Å². The van der Waals surface area contributed by atoms with Crippen LogP contribution in [0.2, 0.25) is 0 Å². The van der Waals surface area contributed by atoms with Crippen molar-refractivity contribution < 1.29 is 4.79 Å². The predicted octanol–water partition coefficient (Wildman–Crippen LogP) is 0.895. The lowest BCUT2D eigenvalue weighted by molar-refractivity contribution is 0.0782. The number of aromatic nitrogens is 3. The van der Waals surface area contributed by atoms with Crippen LogP contribution in [0.5, 0.6) is 0 Å². The van der Waals surface area contributed by atoms with E-state index >= 15 is 0 Å². The molecular weight excluding hydrogens is 304 g/mol. The number of carbonyl (C=O) groups excluding carboxylic acids is 1. The summed E-state index contributed by atoms with van der Waals surface area (Å²) in [5.74, 6) is 1.93. The molecule has 0 aromatic carbocycles. The van der Waals surface area contributed by atoms with Crippen LogP contribution in [-0.4, -0.2) is 51.8 Å². The monoisotopic (exact) mass is 322 g/mol. The van der Waals surface area contributed by atoms with E-state index in [1.54, 1.807) is 29.3 Å². The highest BCUT2D eigenvalue weighted by atomic mass is 16.2. The van der Waals surface area contributed by atoms with Crippen LogP contribution in [0, 0.1) is 23.2 Å². The zero-order valence-electron chi connectivity index (χ0n) is 13.5. The van der Waals surface area contributed by atoms with Gasteiger partial charge in [0.25, 0.3) is 5.91 Å². The van der Waals surface area contributed by atoms with Crippen molar-refractivity contribution in [2.45, 2.75) is 0 Å². The van der Waals surface area contributed by atoms with Gasteiger partial charge in [0.1, 0.15) is 11.9 Å². The molecule has 2 atom stereocenters. The van der Waals surface area contributed by atoms with Gasteiger partial charge in [0.2, 0.25) is 0 Å². The number of carbonyl (C=O) groups is 1. The van der Waals surface area contributed by atoms with Crippen LogP contribution in [0.3, 0.4) is 0 Å². The first-order valence-electron chi connectivity index (χ1n) is 8.03. The molecule has 2 aliphatic rings. The second-order valence-corrected chi connectivity index (χ2v) is 6.55. The van der Waals surface area contributed by atoms with E-state index in [1.165, 1.54) is 0 Å². The van der Waals surface area contributed by atoms with Crippen molar-refractivity contribution in [2.24, 2.45) is 18.9 Å². The van der Waals surface area contributed by atoms with E-state index in [0.717, 1.165) is 32.0 Å². The van der Waals surface area contributed by atoms with Crippen LogP contribution in [0.25, 0.3) is 0 Å². The van der Waals surface area contributed by atoms with Crippen LogP contribution in [-0.2, 0) is 7.05 Å². The maximum absolute atomic E-state index is 12.5. The molecule has 2 aromatic heterocycles. The average molecular weight is 322 g/mol. The van der Waals surface area contributed by atoms with E-state index in [1.807, 2.05) is 18.0 Å². The first-order valence-corrected chi connectivity index (χ1v) is 8.03. The van der Waals surface area contributed by atoms with E-state index in [9.17, 15) is 4.79 Å². The third kappa shape index (κ3) is 2.50. The fourth-order valence-electron chi connectivity index (χ4n) is 3.70. The summed E-state index contributed by atoms with van der Waals surface area (Å²) in [5.41, 5.74) is 1.23. The smallest absolute Gasteiger partial charge is 0.257 e. The standard InChI is InChI=1S/C17H18N6O/c1-21-7-13(6-20-21)17(24)23-10-14-8-22(9-15(14)11-23)16-3-2-12(4-18)5-19-16/h2-3,5-7,14-15H,8-11H2,1H3. The van der Waals surface area contributed by atoms with Crippen LogP contribution < -0.4 is 4.90 Å². The van der Waals surface area contributed by atoms with Crippen LogP contribution >= 0.6 is 0 Å². The number of fused-ring (bicyclic) bond motifs is 1. The van der Waals surface area contributed by atoms with Gasteiger partial charge in [-0.25, -0.2) is 4.98 Å². The molecule has 4 rings (SSSR count). The highest BCUT2D eigenvalue weighted by Gasteiger charge is 2.42. The minimum atomic E-state index is 0.0700. The fourth-order valence-corrected chi connectivity index (χ4v) is 3.70. The number of hydrogen-bond acceptors (Lipinski definition) is 5. The quantitative estimate of drug-likeness (QED) is 0.821. The molecule has 0 saturated carbocycles. The maximum atomic E-state index is 12.5. The normalized spacial score (nSPS) is 22.5. The number of rotatable bonds is 2. The molecule has 7 heteroatoms. The molecular formula is C17H18N6O. The molecule has 24 heavy (non-hydrogen) atoms. The molecule has 122 valence electrons. The van der Waals surface area contributed by atoms with Crippen molar-refractivity contribution in [3.05, 3.63) is 41.9 Å². The van der Waals surface area contributed by atoms with Gasteiger partial charge in [0.15, 0.2) is 0 Å². The Kier molecular flexibility index (Phi) is 3.45. The minimum Gasteiger partial charge on any atom is -0.356 e. The Morgan fingerprint density at radius 2 is 1.96 bits per heavy atom. The number of anilines is 1. The maximum Gasteiger partial charge on any atom is 0.257 e. The molecule has 1 amide bonds. The minimum absolute atomic E-state index is 0.0700. The molecule has 2 saturated heterocycles. The number of nitrogens with zero attached hydrogens (tertiary/aromatic N) is 6. The largest absolute Gasteiger partial charge is 0.356 e. The van der Waals surface area contributed by atoms with E-state index in [2.05, 4.69) is 21.1 Å². The Morgan fingerprint density at radius 1 is 1.21 bits per heavy atom. The van der Waals surface area contributed by atoms with E-state index < -0.39 is 0 Å². The first kappa shape index (κ1) is 14.7. The lowest BCUT2D eigenvalue weighted by Crippen LogP contribution is -2.33. The number of amides is 1. The third-order valence-corrected chi connectivity index (χ3v) is 4.93. The van der Waals surface area contributed by atoms with Gasteiger partial charge in [-0.15, -0.1) is 0 Å². The van der Waals surface area contributed by atoms with Gasteiger partial charge in [-0.05, 0) is 12.1 Å². The van der Waals surface area contributed by atoms with Crippen molar-refractivity contribution in [3.63, 3.8) is 0 Å². The second kappa shape index (κ2) is 5.64. The lowest BCUT2D eigenvalue weighted by Gasteiger charge is -2.22. The Morgan fingerprint density at radius 3 is 2.50 bits per heavy atom. The number of pyridine rings is 1. The van der Waals surface area contributed by atoms with Gasteiger partial charge in [-0.2, -0.15) is 10.4 Å². The zero-order valence-corrected chi connectivity index (χ0v) is 13.5.